The highest BCUT2D eigenvalue weighted by Gasteiger charge is 2.25. The van der Waals surface area contributed by atoms with Crippen LogP contribution in [-0.2, 0) is 19.6 Å². The highest BCUT2D eigenvalue weighted by Crippen LogP contribution is 2.21. The standard InChI is InChI=1S/C10H13NO6S2/c1-3-17-9(12)5-11(2)19(15,16)7-4-8(10(13)14)18-6-7/h4,6H,3,5H2,1-2H3,(H,13,14). The second-order valence-corrected chi connectivity index (χ2v) is 6.47. The number of hydrogen-bond acceptors (Lipinski definition) is 6. The molecule has 0 aliphatic carbocycles. The summed E-state index contributed by atoms with van der Waals surface area (Å²) in [5.74, 6) is -1.86. The second kappa shape index (κ2) is 6.13. The van der Waals surface area contributed by atoms with Crippen LogP contribution >= 0.6 is 11.3 Å². The molecule has 9 heteroatoms. The van der Waals surface area contributed by atoms with Crippen LogP contribution in [0.15, 0.2) is 16.3 Å². The third-order valence-corrected chi connectivity index (χ3v) is 5.00. The van der Waals surface area contributed by atoms with Gasteiger partial charge in [0.05, 0.1) is 11.5 Å². The number of esters is 1. The van der Waals surface area contributed by atoms with Crippen molar-refractivity contribution in [2.45, 2.75) is 11.8 Å². The van der Waals surface area contributed by atoms with Crippen molar-refractivity contribution in [3.8, 4) is 0 Å². The summed E-state index contributed by atoms with van der Waals surface area (Å²) in [6, 6.07) is 1.06. The number of ether oxygens (including phenoxy) is 1. The van der Waals surface area contributed by atoms with E-state index >= 15 is 0 Å². The monoisotopic (exact) mass is 307 g/mol. The number of carbonyl (C=O) groups excluding carboxylic acids is 1. The fourth-order valence-corrected chi connectivity index (χ4v) is 3.43. The average Bonchev–Trinajstić information content (AvgIpc) is 2.78. The third-order valence-electron chi connectivity index (χ3n) is 2.15. The number of aromatic carboxylic acids is 1. The first-order valence-corrected chi connectivity index (χ1v) is 7.54. The van der Waals surface area contributed by atoms with Gasteiger partial charge in [-0.1, -0.05) is 0 Å². The number of carboxylic acid groups (broad SMARTS) is 1. The molecule has 0 aromatic carbocycles. The second-order valence-electron chi connectivity index (χ2n) is 3.52. The molecular weight excluding hydrogens is 294 g/mol. The van der Waals surface area contributed by atoms with Crippen LogP contribution in [-0.4, -0.2) is 50.0 Å². The molecule has 0 amide bonds. The molecule has 0 bridgehead atoms. The Labute approximate surface area is 114 Å². The van der Waals surface area contributed by atoms with Crippen molar-refractivity contribution in [3.63, 3.8) is 0 Å². The van der Waals surface area contributed by atoms with Gasteiger partial charge in [0, 0.05) is 12.4 Å². The average molecular weight is 307 g/mol. The number of rotatable bonds is 6. The molecule has 0 radical (unpaired) electrons. The summed E-state index contributed by atoms with van der Waals surface area (Å²) in [6.45, 7) is 1.35. The van der Waals surface area contributed by atoms with Crippen molar-refractivity contribution < 1.29 is 27.9 Å². The number of nitrogens with zero attached hydrogens (tertiary/aromatic N) is 1. The Morgan fingerprint density at radius 2 is 2.11 bits per heavy atom. The van der Waals surface area contributed by atoms with Crippen LogP contribution in [0.2, 0.25) is 0 Å². The molecule has 1 aromatic heterocycles. The molecule has 0 spiro atoms. The van der Waals surface area contributed by atoms with Gasteiger partial charge >= 0.3 is 11.9 Å². The lowest BCUT2D eigenvalue weighted by molar-refractivity contribution is -0.143. The van der Waals surface area contributed by atoms with E-state index in [0.29, 0.717) is 0 Å². The van der Waals surface area contributed by atoms with Crippen molar-refractivity contribution in [3.05, 3.63) is 16.3 Å². The smallest absolute Gasteiger partial charge is 0.345 e. The van der Waals surface area contributed by atoms with Crippen LogP contribution in [0.3, 0.4) is 0 Å². The van der Waals surface area contributed by atoms with Gasteiger partial charge in [0.15, 0.2) is 0 Å². The minimum absolute atomic E-state index is 0.0805. The van der Waals surface area contributed by atoms with E-state index in [2.05, 4.69) is 4.74 Å². The Morgan fingerprint density at radius 3 is 2.58 bits per heavy atom. The first kappa shape index (κ1) is 15.6. The van der Waals surface area contributed by atoms with Crippen LogP contribution in [0.4, 0.5) is 0 Å². The first-order valence-electron chi connectivity index (χ1n) is 5.22. The molecular formula is C10H13NO6S2. The molecule has 1 N–H and O–H groups in total. The number of thiophene rings is 1. The van der Waals surface area contributed by atoms with E-state index in [1.165, 1.54) is 12.4 Å². The van der Waals surface area contributed by atoms with Crippen molar-refractivity contribution in [2.24, 2.45) is 0 Å². The zero-order valence-electron chi connectivity index (χ0n) is 10.3. The predicted octanol–water partition coefficient (Wildman–Crippen LogP) is 0.630. The van der Waals surface area contributed by atoms with Gasteiger partial charge in [0.25, 0.3) is 0 Å². The molecule has 0 saturated carbocycles. The highest BCUT2D eigenvalue weighted by atomic mass is 32.2. The lowest BCUT2D eigenvalue weighted by Gasteiger charge is -2.14. The number of likely N-dealkylation sites (N-methyl/N-ethyl adjacent to an activating group) is 1. The van der Waals surface area contributed by atoms with Gasteiger partial charge in [-0.05, 0) is 13.0 Å². The van der Waals surface area contributed by atoms with E-state index in [1.807, 2.05) is 0 Å². The van der Waals surface area contributed by atoms with E-state index in [0.717, 1.165) is 21.7 Å². The van der Waals surface area contributed by atoms with E-state index in [4.69, 9.17) is 5.11 Å². The zero-order chi connectivity index (χ0) is 14.6. The Hall–Kier alpha value is -1.45. The normalized spacial score (nSPS) is 11.5. The molecule has 0 fully saturated rings. The molecule has 0 atom stereocenters. The molecule has 0 saturated heterocycles. The summed E-state index contributed by atoms with van der Waals surface area (Å²) >= 11 is 0.810. The SMILES string of the molecule is CCOC(=O)CN(C)S(=O)(=O)c1csc(C(=O)O)c1. The molecule has 0 aliphatic rings. The highest BCUT2D eigenvalue weighted by molar-refractivity contribution is 7.89. The topological polar surface area (TPSA) is 101 Å². The Bertz CT molecular complexity index is 577. The van der Waals surface area contributed by atoms with E-state index < -0.39 is 28.5 Å². The summed E-state index contributed by atoms with van der Waals surface area (Å²) in [5, 5.41) is 9.97. The van der Waals surface area contributed by atoms with E-state index in [-0.39, 0.29) is 16.4 Å². The molecule has 7 nitrogen and oxygen atoms in total. The third kappa shape index (κ3) is 3.75. The number of sulfonamides is 1. The van der Waals surface area contributed by atoms with Gasteiger partial charge in [-0.2, -0.15) is 4.31 Å². The minimum atomic E-state index is -3.89. The van der Waals surface area contributed by atoms with Gasteiger partial charge in [-0.25, -0.2) is 13.2 Å². The maximum absolute atomic E-state index is 12.0. The van der Waals surface area contributed by atoms with Gasteiger partial charge < -0.3 is 9.84 Å². The Balaban J connectivity index is 2.90. The van der Waals surface area contributed by atoms with Gasteiger partial charge in [-0.15, -0.1) is 11.3 Å². The van der Waals surface area contributed by atoms with Crippen molar-refractivity contribution in [1.29, 1.82) is 0 Å². The van der Waals surface area contributed by atoms with Crippen LogP contribution in [0, 0.1) is 0 Å². The number of carboxylic acids is 1. The Kier molecular flexibility index (Phi) is 5.04. The van der Waals surface area contributed by atoms with Gasteiger partial charge in [0.2, 0.25) is 10.0 Å². The lowest BCUT2D eigenvalue weighted by atomic mass is 10.5. The summed E-state index contributed by atoms with van der Waals surface area (Å²) in [7, 11) is -2.66. The molecule has 0 aliphatic heterocycles. The van der Waals surface area contributed by atoms with Crippen molar-refractivity contribution in [2.75, 3.05) is 20.2 Å². The fourth-order valence-electron chi connectivity index (χ4n) is 1.22. The molecule has 1 aromatic rings. The summed E-state index contributed by atoms with van der Waals surface area (Å²) in [6.07, 6.45) is 0. The lowest BCUT2D eigenvalue weighted by Crippen LogP contribution is -2.32. The van der Waals surface area contributed by atoms with Crippen LogP contribution < -0.4 is 0 Å². The summed E-state index contributed by atoms with van der Waals surface area (Å²) < 4.78 is 29.5. The van der Waals surface area contributed by atoms with E-state index in [1.54, 1.807) is 6.92 Å². The number of hydrogen-bond donors (Lipinski definition) is 1. The summed E-state index contributed by atoms with van der Waals surface area (Å²) in [4.78, 5) is 21.7. The van der Waals surface area contributed by atoms with Gasteiger partial charge in [-0.3, -0.25) is 4.79 Å². The fraction of sp³-hybridized carbons (Fsp3) is 0.400. The molecule has 106 valence electrons. The van der Waals surface area contributed by atoms with Crippen LogP contribution in [0.1, 0.15) is 16.6 Å². The van der Waals surface area contributed by atoms with Crippen molar-refractivity contribution in [1.82, 2.24) is 4.31 Å². The summed E-state index contributed by atoms with van der Waals surface area (Å²) in [5.41, 5.74) is 0. The predicted molar refractivity (Wildman–Crippen MR) is 67.7 cm³/mol. The maximum Gasteiger partial charge on any atom is 0.345 e. The molecule has 0 unspecified atom stereocenters. The van der Waals surface area contributed by atoms with Crippen LogP contribution in [0.25, 0.3) is 0 Å². The molecule has 19 heavy (non-hydrogen) atoms. The molecule has 1 rings (SSSR count). The number of carbonyl (C=O) groups is 2. The quantitative estimate of drug-likeness (QED) is 0.774. The van der Waals surface area contributed by atoms with E-state index in [9.17, 15) is 18.0 Å². The van der Waals surface area contributed by atoms with Crippen molar-refractivity contribution >= 4 is 33.3 Å². The maximum atomic E-state index is 12.0. The molecule has 1 heterocycles. The first-order chi connectivity index (χ1) is 8.78. The minimum Gasteiger partial charge on any atom is -0.477 e. The largest absolute Gasteiger partial charge is 0.477 e. The van der Waals surface area contributed by atoms with Gasteiger partial charge in [0.1, 0.15) is 11.4 Å². The Morgan fingerprint density at radius 1 is 1.47 bits per heavy atom. The van der Waals surface area contributed by atoms with Crippen LogP contribution in [0.5, 0.6) is 0 Å². The zero-order valence-corrected chi connectivity index (χ0v) is 12.0.